The fourth-order valence-electron chi connectivity index (χ4n) is 4.09. The summed E-state index contributed by atoms with van der Waals surface area (Å²) in [5, 5.41) is 8.67. The number of aryl methyl sites for hydroxylation is 2. The van der Waals surface area contributed by atoms with Gasteiger partial charge in [0.1, 0.15) is 5.70 Å². The van der Waals surface area contributed by atoms with E-state index in [2.05, 4.69) is 38.8 Å². The van der Waals surface area contributed by atoms with Crippen LogP contribution in [-0.2, 0) is 16.0 Å². The Labute approximate surface area is 252 Å². The molecular formula is C33H30BrN3O3S. The van der Waals surface area contributed by atoms with Gasteiger partial charge in [0.05, 0.1) is 5.75 Å². The smallest absolute Gasteiger partial charge is 0.272 e. The number of rotatable bonds is 10. The maximum atomic E-state index is 13.4. The number of halogens is 1. The van der Waals surface area contributed by atoms with Crippen LogP contribution >= 0.6 is 27.7 Å². The van der Waals surface area contributed by atoms with E-state index in [4.69, 9.17) is 0 Å². The topological polar surface area (TPSA) is 87.3 Å². The molecule has 0 unspecified atom stereocenters. The number of hydrogen-bond donors (Lipinski definition) is 3. The second-order valence-corrected chi connectivity index (χ2v) is 11.2. The van der Waals surface area contributed by atoms with Crippen LogP contribution in [0.1, 0.15) is 34.0 Å². The SMILES string of the molecule is CCc1cccc(C)c1NC(=O)CSc1cccc(NC(=O)/C(=C\c2cccc(Br)c2)NC(=O)c2ccccc2)c1. The number of nitrogens with one attached hydrogen (secondary N) is 3. The fourth-order valence-corrected chi connectivity index (χ4v) is 5.27. The first-order chi connectivity index (χ1) is 19.8. The Morgan fingerprint density at radius 1 is 0.854 bits per heavy atom. The van der Waals surface area contributed by atoms with Gasteiger partial charge in [-0.25, -0.2) is 0 Å². The Morgan fingerprint density at radius 2 is 1.61 bits per heavy atom. The van der Waals surface area contributed by atoms with Crippen LogP contribution in [-0.4, -0.2) is 23.5 Å². The van der Waals surface area contributed by atoms with Gasteiger partial charge in [-0.2, -0.15) is 0 Å². The molecule has 208 valence electrons. The molecule has 0 bridgehead atoms. The van der Waals surface area contributed by atoms with Gasteiger partial charge in [-0.05, 0) is 78.6 Å². The average Bonchev–Trinajstić information content (AvgIpc) is 2.97. The highest BCUT2D eigenvalue weighted by atomic mass is 79.9. The molecule has 0 aliphatic rings. The molecule has 0 aliphatic heterocycles. The number of anilines is 2. The molecule has 0 saturated heterocycles. The molecule has 4 aromatic rings. The molecule has 3 N–H and O–H groups in total. The monoisotopic (exact) mass is 627 g/mol. The van der Waals surface area contributed by atoms with Gasteiger partial charge in [0, 0.05) is 26.3 Å². The van der Waals surface area contributed by atoms with E-state index in [0.29, 0.717) is 11.3 Å². The van der Waals surface area contributed by atoms with Crippen molar-refractivity contribution >= 4 is 62.9 Å². The van der Waals surface area contributed by atoms with Crippen LogP contribution in [0.3, 0.4) is 0 Å². The maximum Gasteiger partial charge on any atom is 0.272 e. The minimum Gasteiger partial charge on any atom is -0.325 e. The Hall–Kier alpha value is -4.14. The van der Waals surface area contributed by atoms with Gasteiger partial charge >= 0.3 is 0 Å². The van der Waals surface area contributed by atoms with Gasteiger partial charge in [0.15, 0.2) is 0 Å². The Bertz CT molecular complexity index is 1590. The number of carbonyl (C=O) groups is 3. The van der Waals surface area contributed by atoms with Crippen LogP contribution < -0.4 is 16.0 Å². The second-order valence-electron chi connectivity index (χ2n) is 9.21. The van der Waals surface area contributed by atoms with Crippen molar-refractivity contribution in [2.24, 2.45) is 0 Å². The summed E-state index contributed by atoms with van der Waals surface area (Å²) in [5.41, 5.74) is 4.81. The standard InChI is InChI=1S/C33H30BrN3O3S/c1-3-24-14-7-10-22(2)31(24)37-30(38)21-41-28-17-9-16-27(20-28)35-33(40)29(19-23-11-8-15-26(34)18-23)36-32(39)25-12-5-4-6-13-25/h4-20H,3,21H2,1-2H3,(H,35,40)(H,36,39)(H,37,38)/b29-19+. The van der Waals surface area contributed by atoms with Gasteiger partial charge in [-0.15, -0.1) is 11.8 Å². The van der Waals surface area contributed by atoms with Crippen LogP contribution in [0.2, 0.25) is 0 Å². The summed E-state index contributed by atoms with van der Waals surface area (Å²) in [6.07, 6.45) is 2.45. The van der Waals surface area contributed by atoms with Crippen molar-refractivity contribution in [2.75, 3.05) is 16.4 Å². The summed E-state index contributed by atoms with van der Waals surface area (Å²) in [5.74, 6) is -0.745. The molecule has 0 radical (unpaired) electrons. The average molecular weight is 629 g/mol. The molecular weight excluding hydrogens is 598 g/mol. The van der Waals surface area contributed by atoms with Crippen molar-refractivity contribution in [2.45, 2.75) is 25.2 Å². The van der Waals surface area contributed by atoms with Crippen molar-refractivity contribution < 1.29 is 14.4 Å². The number of amides is 3. The predicted octanol–water partition coefficient (Wildman–Crippen LogP) is 7.46. The van der Waals surface area contributed by atoms with Crippen LogP contribution in [0.25, 0.3) is 6.08 Å². The number of carbonyl (C=O) groups excluding carboxylic acids is 3. The van der Waals surface area contributed by atoms with E-state index in [1.807, 2.05) is 67.6 Å². The summed E-state index contributed by atoms with van der Waals surface area (Å²) >= 11 is 4.82. The van der Waals surface area contributed by atoms with Gasteiger partial charge < -0.3 is 16.0 Å². The normalized spacial score (nSPS) is 11.0. The number of benzene rings is 4. The van der Waals surface area contributed by atoms with E-state index in [-0.39, 0.29) is 17.4 Å². The Kier molecular flexibility index (Phi) is 10.5. The summed E-state index contributed by atoms with van der Waals surface area (Å²) in [6.45, 7) is 4.04. The lowest BCUT2D eigenvalue weighted by molar-refractivity contribution is -0.114. The quantitative estimate of drug-likeness (QED) is 0.126. The molecule has 4 rings (SSSR count). The molecule has 3 amide bonds. The zero-order valence-corrected chi connectivity index (χ0v) is 25.1. The first-order valence-corrected chi connectivity index (χ1v) is 14.9. The lowest BCUT2D eigenvalue weighted by atomic mass is 10.1. The molecule has 41 heavy (non-hydrogen) atoms. The van der Waals surface area contributed by atoms with E-state index in [1.165, 1.54) is 11.8 Å². The lowest BCUT2D eigenvalue weighted by Crippen LogP contribution is -2.30. The van der Waals surface area contributed by atoms with Gasteiger partial charge in [0.2, 0.25) is 5.91 Å². The zero-order chi connectivity index (χ0) is 29.2. The highest BCUT2D eigenvalue weighted by Crippen LogP contribution is 2.25. The Balaban J connectivity index is 1.46. The fraction of sp³-hybridized carbons (Fsp3) is 0.121. The molecule has 0 fully saturated rings. The van der Waals surface area contributed by atoms with Gasteiger partial charge in [-0.1, -0.05) is 77.5 Å². The third kappa shape index (κ3) is 8.67. The molecule has 8 heteroatoms. The van der Waals surface area contributed by atoms with Crippen LogP contribution in [0.15, 0.2) is 112 Å². The van der Waals surface area contributed by atoms with E-state index < -0.39 is 11.8 Å². The molecule has 0 spiro atoms. The number of para-hydroxylation sites is 1. The van der Waals surface area contributed by atoms with E-state index >= 15 is 0 Å². The van der Waals surface area contributed by atoms with Crippen LogP contribution in [0, 0.1) is 6.92 Å². The Morgan fingerprint density at radius 3 is 2.37 bits per heavy atom. The van der Waals surface area contributed by atoms with Gasteiger partial charge in [0.25, 0.3) is 11.8 Å². The van der Waals surface area contributed by atoms with Crippen LogP contribution in [0.5, 0.6) is 0 Å². The highest BCUT2D eigenvalue weighted by molar-refractivity contribution is 9.10. The molecule has 0 saturated carbocycles. The minimum atomic E-state index is -0.471. The van der Waals surface area contributed by atoms with E-state index in [1.54, 1.807) is 42.5 Å². The molecule has 6 nitrogen and oxygen atoms in total. The third-order valence-electron chi connectivity index (χ3n) is 6.15. The molecule has 4 aromatic carbocycles. The number of thioether (sulfide) groups is 1. The van der Waals surface area contributed by atoms with Gasteiger partial charge in [-0.3, -0.25) is 14.4 Å². The first-order valence-electron chi connectivity index (χ1n) is 13.1. The lowest BCUT2D eigenvalue weighted by Gasteiger charge is -2.13. The van der Waals surface area contributed by atoms with Crippen molar-refractivity contribution in [3.05, 3.63) is 129 Å². The third-order valence-corrected chi connectivity index (χ3v) is 7.64. The molecule has 0 aromatic heterocycles. The summed E-state index contributed by atoms with van der Waals surface area (Å²) in [4.78, 5) is 39.8. The van der Waals surface area contributed by atoms with Crippen molar-refractivity contribution in [1.29, 1.82) is 0 Å². The maximum absolute atomic E-state index is 13.4. The van der Waals surface area contributed by atoms with Crippen molar-refractivity contribution in [1.82, 2.24) is 5.32 Å². The van der Waals surface area contributed by atoms with Crippen molar-refractivity contribution in [3.8, 4) is 0 Å². The zero-order valence-electron chi connectivity index (χ0n) is 22.7. The largest absolute Gasteiger partial charge is 0.325 e. The van der Waals surface area contributed by atoms with Crippen LogP contribution in [0.4, 0.5) is 11.4 Å². The highest BCUT2D eigenvalue weighted by Gasteiger charge is 2.16. The summed E-state index contributed by atoms with van der Waals surface area (Å²) < 4.78 is 0.850. The van der Waals surface area contributed by atoms with E-state index in [9.17, 15) is 14.4 Å². The van der Waals surface area contributed by atoms with E-state index in [0.717, 1.165) is 38.2 Å². The van der Waals surface area contributed by atoms with Crippen molar-refractivity contribution in [3.63, 3.8) is 0 Å². The minimum absolute atomic E-state index is 0.0966. The number of hydrogen-bond acceptors (Lipinski definition) is 4. The molecule has 0 aliphatic carbocycles. The molecule has 0 atom stereocenters. The molecule has 0 heterocycles. The predicted molar refractivity (Wildman–Crippen MR) is 171 cm³/mol. The first kappa shape index (κ1) is 29.8. The summed E-state index contributed by atoms with van der Waals surface area (Å²) in [7, 11) is 0. The second kappa shape index (κ2) is 14.5. The summed E-state index contributed by atoms with van der Waals surface area (Å²) in [6, 6.07) is 29.4.